The molecule has 0 saturated carbocycles. The van der Waals surface area contributed by atoms with Crippen LogP contribution in [0.5, 0.6) is 0 Å². The molecule has 1 saturated heterocycles. The highest BCUT2D eigenvalue weighted by Crippen LogP contribution is 2.26. The maximum absolute atomic E-state index is 12.7. The summed E-state index contributed by atoms with van der Waals surface area (Å²) in [5, 5.41) is 6.49. The lowest BCUT2D eigenvalue weighted by Crippen LogP contribution is -2.37. The molecule has 29 heavy (non-hydrogen) atoms. The van der Waals surface area contributed by atoms with Crippen molar-refractivity contribution in [3.63, 3.8) is 0 Å². The molecule has 160 valence electrons. The zero-order valence-corrected chi connectivity index (χ0v) is 20.5. The second kappa shape index (κ2) is 11.8. The van der Waals surface area contributed by atoms with Gasteiger partial charge >= 0.3 is 0 Å². The number of piperidine rings is 1. The van der Waals surface area contributed by atoms with Crippen LogP contribution < -0.4 is 10.6 Å². The van der Waals surface area contributed by atoms with E-state index >= 15 is 0 Å². The Hall–Kier alpha value is -1.24. The minimum Gasteiger partial charge on any atom is -0.356 e. The zero-order chi connectivity index (χ0) is 19.8. The predicted molar refractivity (Wildman–Crippen MR) is 128 cm³/mol. The molecule has 0 bridgehead atoms. The first-order chi connectivity index (χ1) is 13.6. The molecule has 10 heteroatoms. The van der Waals surface area contributed by atoms with Crippen molar-refractivity contribution < 1.29 is 8.42 Å². The Bertz CT molecular complexity index is 881. The summed E-state index contributed by atoms with van der Waals surface area (Å²) in [6, 6.07) is 9.45. The molecule has 2 N–H and O–H groups in total. The largest absolute Gasteiger partial charge is 0.356 e. The number of rotatable bonds is 7. The topological polar surface area (TPSA) is 86.7 Å². The van der Waals surface area contributed by atoms with Crippen molar-refractivity contribution in [2.75, 3.05) is 26.7 Å². The Kier molecular flexibility index (Phi) is 9.80. The van der Waals surface area contributed by atoms with E-state index in [-0.39, 0.29) is 24.0 Å². The lowest BCUT2D eigenvalue weighted by atomic mass is 10.2. The first-order valence-electron chi connectivity index (χ1n) is 9.53. The second-order valence-corrected chi connectivity index (χ2v) is 9.94. The minimum atomic E-state index is -3.36. The third-order valence-electron chi connectivity index (χ3n) is 4.60. The van der Waals surface area contributed by atoms with E-state index < -0.39 is 10.0 Å². The molecule has 0 aromatic carbocycles. The van der Waals surface area contributed by atoms with Gasteiger partial charge in [0.25, 0.3) is 10.0 Å². The summed E-state index contributed by atoms with van der Waals surface area (Å²) in [5.74, 6) is 0.685. The second-order valence-electron chi connectivity index (χ2n) is 6.61. The van der Waals surface area contributed by atoms with E-state index in [0.717, 1.165) is 42.8 Å². The van der Waals surface area contributed by atoms with Gasteiger partial charge in [-0.15, -0.1) is 35.3 Å². The van der Waals surface area contributed by atoms with Crippen LogP contribution in [-0.4, -0.2) is 50.3 Å². The summed E-state index contributed by atoms with van der Waals surface area (Å²) in [6.07, 6.45) is 5.59. The van der Waals surface area contributed by atoms with Crippen molar-refractivity contribution in [3.05, 3.63) is 47.1 Å². The van der Waals surface area contributed by atoms with Crippen LogP contribution in [0.15, 0.2) is 45.7 Å². The number of guanidine groups is 1. The van der Waals surface area contributed by atoms with Crippen LogP contribution >= 0.6 is 35.3 Å². The summed E-state index contributed by atoms with van der Waals surface area (Å²) in [4.78, 5) is 9.48. The number of aliphatic imine (C=N–C) groups is 1. The Morgan fingerprint density at radius 3 is 2.66 bits per heavy atom. The van der Waals surface area contributed by atoms with Crippen LogP contribution in [0, 0.1) is 0 Å². The number of pyridine rings is 1. The molecule has 0 amide bonds. The van der Waals surface area contributed by atoms with E-state index in [9.17, 15) is 8.42 Å². The molecule has 7 nitrogen and oxygen atoms in total. The summed E-state index contributed by atoms with van der Waals surface area (Å²) in [7, 11) is -1.64. The van der Waals surface area contributed by atoms with Gasteiger partial charge in [-0.25, -0.2) is 8.42 Å². The molecule has 0 radical (unpaired) electrons. The molecule has 2 aromatic heterocycles. The Labute approximate surface area is 194 Å². The van der Waals surface area contributed by atoms with Gasteiger partial charge in [-0.3, -0.25) is 9.98 Å². The Balaban J connectivity index is 0.00000300. The van der Waals surface area contributed by atoms with Gasteiger partial charge in [-0.1, -0.05) is 12.5 Å². The standard InChI is InChI=1S/C19H27N5O2S2.HI/c1-20-19(22-12-10-16-7-3-4-11-21-16)23-15-17-8-9-18(27-17)28(25,26)24-13-5-2-6-14-24;/h3-4,7-9,11H,2,5-6,10,12-15H2,1H3,(H2,20,22,23);1H. The number of nitrogens with zero attached hydrogens (tertiary/aromatic N) is 3. The van der Waals surface area contributed by atoms with Crippen molar-refractivity contribution in [1.82, 2.24) is 19.9 Å². The van der Waals surface area contributed by atoms with Gasteiger partial charge in [0.1, 0.15) is 4.21 Å². The fraction of sp³-hybridized carbons (Fsp3) is 0.474. The average Bonchev–Trinajstić information content (AvgIpc) is 3.22. The highest BCUT2D eigenvalue weighted by molar-refractivity contribution is 14.0. The fourth-order valence-corrected chi connectivity index (χ4v) is 6.04. The molecule has 3 heterocycles. The van der Waals surface area contributed by atoms with E-state index in [2.05, 4.69) is 20.6 Å². The van der Waals surface area contributed by atoms with Crippen LogP contribution in [0.1, 0.15) is 29.8 Å². The first kappa shape index (κ1) is 24.0. The van der Waals surface area contributed by atoms with Crippen LogP contribution in [0.4, 0.5) is 0 Å². The van der Waals surface area contributed by atoms with E-state index in [1.165, 1.54) is 11.3 Å². The Morgan fingerprint density at radius 2 is 1.97 bits per heavy atom. The van der Waals surface area contributed by atoms with Crippen LogP contribution in [-0.2, 0) is 23.0 Å². The smallest absolute Gasteiger partial charge is 0.252 e. The molecule has 2 aromatic rings. The van der Waals surface area contributed by atoms with E-state index in [1.54, 1.807) is 23.6 Å². The third-order valence-corrected chi connectivity index (χ3v) is 8.05. The molecule has 1 fully saturated rings. The summed E-state index contributed by atoms with van der Waals surface area (Å²) < 4.78 is 27.5. The number of halogens is 1. The molecule has 1 aliphatic rings. The molecular formula is C19H28IN5O2S2. The maximum Gasteiger partial charge on any atom is 0.252 e. The third kappa shape index (κ3) is 6.90. The minimum absolute atomic E-state index is 0. The maximum atomic E-state index is 12.7. The first-order valence-corrected chi connectivity index (χ1v) is 11.8. The number of nitrogens with one attached hydrogen (secondary N) is 2. The van der Waals surface area contributed by atoms with Crippen LogP contribution in [0.3, 0.4) is 0 Å². The van der Waals surface area contributed by atoms with Gasteiger partial charge in [0, 0.05) is 49.9 Å². The average molecular weight is 550 g/mol. The number of aromatic nitrogens is 1. The van der Waals surface area contributed by atoms with Crippen molar-refractivity contribution in [2.24, 2.45) is 4.99 Å². The quantitative estimate of drug-likeness (QED) is 0.315. The monoisotopic (exact) mass is 549 g/mol. The van der Waals surface area contributed by atoms with Gasteiger partial charge in [-0.2, -0.15) is 4.31 Å². The van der Waals surface area contributed by atoms with Gasteiger partial charge < -0.3 is 10.6 Å². The number of hydrogen-bond donors (Lipinski definition) is 2. The molecule has 0 aliphatic carbocycles. The molecule has 3 rings (SSSR count). The highest BCUT2D eigenvalue weighted by Gasteiger charge is 2.27. The van der Waals surface area contributed by atoms with E-state index in [0.29, 0.717) is 29.8 Å². The van der Waals surface area contributed by atoms with Crippen LogP contribution in [0.25, 0.3) is 0 Å². The summed E-state index contributed by atoms with van der Waals surface area (Å²) in [5.41, 5.74) is 1.02. The van der Waals surface area contributed by atoms with Gasteiger partial charge in [0.15, 0.2) is 5.96 Å². The highest BCUT2D eigenvalue weighted by atomic mass is 127. The van der Waals surface area contributed by atoms with Gasteiger partial charge in [-0.05, 0) is 37.1 Å². The lowest BCUT2D eigenvalue weighted by Gasteiger charge is -2.25. The molecule has 0 unspecified atom stereocenters. The van der Waals surface area contributed by atoms with Crippen molar-refractivity contribution >= 4 is 51.3 Å². The molecule has 1 aliphatic heterocycles. The summed E-state index contributed by atoms with van der Waals surface area (Å²) in [6.45, 7) is 2.50. The van der Waals surface area contributed by atoms with Gasteiger partial charge in [0.05, 0.1) is 6.54 Å². The van der Waals surface area contributed by atoms with Crippen molar-refractivity contribution in [2.45, 2.75) is 36.4 Å². The van der Waals surface area contributed by atoms with Crippen molar-refractivity contribution in [3.8, 4) is 0 Å². The lowest BCUT2D eigenvalue weighted by molar-refractivity contribution is 0.347. The molecule has 0 atom stereocenters. The molecular weight excluding hydrogens is 521 g/mol. The number of hydrogen-bond acceptors (Lipinski definition) is 5. The number of sulfonamides is 1. The Morgan fingerprint density at radius 1 is 1.17 bits per heavy atom. The zero-order valence-electron chi connectivity index (χ0n) is 16.5. The van der Waals surface area contributed by atoms with E-state index in [4.69, 9.17) is 0 Å². The van der Waals surface area contributed by atoms with Gasteiger partial charge in [0.2, 0.25) is 0 Å². The predicted octanol–water partition coefficient (Wildman–Crippen LogP) is 2.84. The van der Waals surface area contributed by atoms with Crippen molar-refractivity contribution in [1.29, 1.82) is 0 Å². The fourth-order valence-electron chi connectivity index (χ4n) is 3.07. The van der Waals surface area contributed by atoms with E-state index in [1.807, 2.05) is 24.3 Å². The normalized spacial score (nSPS) is 15.6. The number of thiophene rings is 1. The van der Waals surface area contributed by atoms with Crippen LogP contribution in [0.2, 0.25) is 0 Å². The molecule has 0 spiro atoms. The SMILES string of the molecule is CN=C(NCCc1ccccn1)NCc1ccc(S(=O)(=O)N2CCCCC2)s1.I. The summed E-state index contributed by atoms with van der Waals surface area (Å²) >= 11 is 1.32.